The Kier molecular flexibility index (Phi) is 3.74. The summed E-state index contributed by atoms with van der Waals surface area (Å²) in [6.07, 6.45) is 0.458. The van der Waals surface area contributed by atoms with Gasteiger partial charge in [-0.1, -0.05) is 0 Å². The molecule has 5 N–H and O–H groups in total. The summed E-state index contributed by atoms with van der Waals surface area (Å²) >= 11 is 0. The van der Waals surface area contributed by atoms with Gasteiger partial charge in [0.25, 0.3) is 0 Å². The first-order valence-electron chi connectivity index (χ1n) is 2.61. The minimum Gasteiger partial charge on any atom is -0.396 e. The van der Waals surface area contributed by atoms with Gasteiger partial charge in [-0.25, -0.2) is 10.6 Å². The summed E-state index contributed by atoms with van der Waals surface area (Å²) in [4.78, 5) is 10.1. The molecule has 0 saturated heterocycles. The third kappa shape index (κ3) is 3.75. The van der Waals surface area contributed by atoms with Crippen molar-refractivity contribution in [3.8, 4) is 0 Å². The van der Waals surface area contributed by atoms with Gasteiger partial charge in [0, 0.05) is 13.2 Å². The summed E-state index contributed by atoms with van der Waals surface area (Å²) in [5, 5.41) is 9.12. The molecule has 0 aromatic carbocycles. The standard InChI is InChI=1S/C4H11N3O2/c5-4(9)7(6)2-1-3-8/h8H,1-3,6H2,(H2,5,9). The maximum Gasteiger partial charge on any atom is 0.328 e. The maximum atomic E-state index is 10.1. The van der Waals surface area contributed by atoms with Crippen LogP contribution in [-0.2, 0) is 0 Å². The lowest BCUT2D eigenvalue weighted by molar-refractivity contribution is 0.199. The van der Waals surface area contributed by atoms with Gasteiger partial charge in [-0.05, 0) is 6.42 Å². The van der Waals surface area contributed by atoms with Gasteiger partial charge in [0.05, 0.1) is 0 Å². The summed E-state index contributed by atoms with van der Waals surface area (Å²) in [5.41, 5.74) is 4.76. The number of primary amides is 1. The number of aliphatic hydroxyl groups excluding tert-OH is 1. The normalized spacial score (nSPS) is 9.11. The van der Waals surface area contributed by atoms with Crippen molar-refractivity contribution < 1.29 is 9.90 Å². The SMILES string of the molecule is NC(=O)N(N)CCCO. The van der Waals surface area contributed by atoms with E-state index in [1.165, 1.54) is 0 Å². The Labute approximate surface area is 53.2 Å². The predicted octanol–water partition coefficient (Wildman–Crippen LogP) is -1.38. The Morgan fingerprint density at radius 2 is 2.22 bits per heavy atom. The molecule has 5 heteroatoms. The molecule has 0 aliphatic carbocycles. The van der Waals surface area contributed by atoms with Gasteiger partial charge in [0.1, 0.15) is 0 Å². The van der Waals surface area contributed by atoms with Crippen molar-refractivity contribution in [2.24, 2.45) is 11.6 Å². The molecule has 0 spiro atoms. The first-order chi connectivity index (χ1) is 4.18. The number of hydrogen-bond donors (Lipinski definition) is 3. The van der Waals surface area contributed by atoms with E-state index in [2.05, 4.69) is 0 Å². The number of amides is 2. The van der Waals surface area contributed by atoms with Crippen molar-refractivity contribution in [1.29, 1.82) is 0 Å². The van der Waals surface area contributed by atoms with E-state index in [1.807, 2.05) is 0 Å². The van der Waals surface area contributed by atoms with Gasteiger partial charge in [-0.15, -0.1) is 0 Å². The first kappa shape index (κ1) is 8.19. The van der Waals surface area contributed by atoms with Gasteiger partial charge in [0.2, 0.25) is 0 Å². The lowest BCUT2D eigenvalue weighted by atomic mass is 10.4. The van der Waals surface area contributed by atoms with E-state index in [0.717, 1.165) is 5.01 Å². The molecule has 0 fully saturated rings. The molecule has 0 saturated carbocycles. The van der Waals surface area contributed by atoms with E-state index < -0.39 is 6.03 Å². The van der Waals surface area contributed by atoms with Gasteiger partial charge in [-0.2, -0.15) is 0 Å². The van der Waals surface area contributed by atoms with Crippen LogP contribution in [0.1, 0.15) is 6.42 Å². The van der Waals surface area contributed by atoms with Crippen LogP contribution in [0.5, 0.6) is 0 Å². The Balaban J connectivity index is 3.27. The highest BCUT2D eigenvalue weighted by Crippen LogP contribution is 1.80. The third-order valence-corrected chi connectivity index (χ3v) is 0.840. The molecule has 54 valence electrons. The molecule has 0 atom stereocenters. The van der Waals surface area contributed by atoms with Crippen molar-refractivity contribution in [3.05, 3.63) is 0 Å². The lowest BCUT2D eigenvalue weighted by Crippen LogP contribution is -2.42. The molecule has 0 radical (unpaired) electrons. The van der Waals surface area contributed by atoms with Gasteiger partial charge >= 0.3 is 6.03 Å². The minimum atomic E-state index is -0.677. The summed E-state index contributed by atoms with van der Waals surface area (Å²) in [6.45, 7) is 0.312. The predicted molar refractivity (Wildman–Crippen MR) is 32.2 cm³/mol. The first-order valence-corrected chi connectivity index (χ1v) is 2.61. The number of rotatable bonds is 3. The maximum absolute atomic E-state index is 10.1. The smallest absolute Gasteiger partial charge is 0.328 e. The average molecular weight is 133 g/mol. The second-order valence-electron chi connectivity index (χ2n) is 1.61. The summed E-state index contributed by atoms with van der Waals surface area (Å²) in [7, 11) is 0. The van der Waals surface area contributed by atoms with E-state index in [-0.39, 0.29) is 6.61 Å². The molecule has 0 unspecified atom stereocenters. The highest BCUT2D eigenvalue weighted by molar-refractivity contribution is 5.71. The van der Waals surface area contributed by atoms with Crippen LogP contribution in [0.3, 0.4) is 0 Å². The number of aliphatic hydroxyl groups is 1. The van der Waals surface area contributed by atoms with Gasteiger partial charge in [-0.3, -0.25) is 5.01 Å². The van der Waals surface area contributed by atoms with E-state index in [0.29, 0.717) is 13.0 Å². The van der Waals surface area contributed by atoms with Crippen LogP contribution in [0.15, 0.2) is 0 Å². The molecule has 0 heterocycles. The monoisotopic (exact) mass is 133 g/mol. The Hall–Kier alpha value is -0.810. The Bertz CT molecular complexity index is 95.8. The highest BCUT2D eigenvalue weighted by Gasteiger charge is 2.00. The Morgan fingerprint density at radius 3 is 2.56 bits per heavy atom. The van der Waals surface area contributed by atoms with E-state index in [1.54, 1.807) is 0 Å². The van der Waals surface area contributed by atoms with Crippen LogP contribution in [0.2, 0.25) is 0 Å². The molecule has 0 aliphatic heterocycles. The molecule has 0 rings (SSSR count). The van der Waals surface area contributed by atoms with Crippen LogP contribution in [0, 0.1) is 0 Å². The van der Waals surface area contributed by atoms with Crippen LogP contribution in [0.4, 0.5) is 4.79 Å². The third-order valence-electron chi connectivity index (χ3n) is 0.840. The second kappa shape index (κ2) is 4.11. The number of hydrogen-bond acceptors (Lipinski definition) is 3. The molecular weight excluding hydrogens is 122 g/mol. The summed E-state index contributed by atoms with van der Waals surface area (Å²) in [5.74, 6) is 5.05. The number of nitrogens with zero attached hydrogens (tertiary/aromatic N) is 1. The molecule has 0 aromatic rings. The van der Waals surface area contributed by atoms with Crippen molar-refractivity contribution in [2.45, 2.75) is 6.42 Å². The average Bonchev–Trinajstić information content (AvgIpc) is 1.82. The van der Waals surface area contributed by atoms with Gasteiger partial charge < -0.3 is 10.8 Å². The van der Waals surface area contributed by atoms with Crippen molar-refractivity contribution in [3.63, 3.8) is 0 Å². The van der Waals surface area contributed by atoms with Gasteiger partial charge in [0.15, 0.2) is 0 Å². The number of carbonyl (C=O) groups excluding carboxylic acids is 1. The summed E-state index contributed by atoms with van der Waals surface area (Å²) < 4.78 is 0. The molecule has 0 aromatic heterocycles. The fraction of sp³-hybridized carbons (Fsp3) is 0.750. The van der Waals surface area contributed by atoms with Crippen LogP contribution in [0.25, 0.3) is 0 Å². The molecule has 2 amide bonds. The second-order valence-corrected chi connectivity index (χ2v) is 1.61. The largest absolute Gasteiger partial charge is 0.396 e. The molecule has 0 aliphatic rings. The number of urea groups is 1. The van der Waals surface area contributed by atoms with E-state index in [4.69, 9.17) is 16.7 Å². The molecule has 9 heavy (non-hydrogen) atoms. The Morgan fingerprint density at radius 1 is 1.67 bits per heavy atom. The fourth-order valence-electron chi connectivity index (χ4n) is 0.351. The van der Waals surface area contributed by atoms with Crippen LogP contribution in [-0.4, -0.2) is 29.3 Å². The lowest BCUT2D eigenvalue weighted by Gasteiger charge is -2.11. The zero-order chi connectivity index (χ0) is 7.28. The highest BCUT2D eigenvalue weighted by atomic mass is 16.3. The zero-order valence-corrected chi connectivity index (χ0v) is 5.08. The zero-order valence-electron chi connectivity index (χ0n) is 5.08. The molecular formula is C4H11N3O2. The number of hydrazine groups is 1. The fourth-order valence-corrected chi connectivity index (χ4v) is 0.351. The molecule has 5 nitrogen and oxygen atoms in total. The number of carbonyl (C=O) groups is 1. The summed E-state index contributed by atoms with van der Waals surface area (Å²) in [6, 6.07) is -0.677. The number of nitrogens with two attached hydrogens (primary N) is 2. The quantitative estimate of drug-likeness (QED) is 0.252. The van der Waals surface area contributed by atoms with Crippen molar-refractivity contribution >= 4 is 6.03 Å². The van der Waals surface area contributed by atoms with Crippen molar-refractivity contribution in [1.82, 2.24) is 5.01 Å². The van der Waals surface area contributed by atoms with Crippen molar-refractivity contribution in [2.75, 3.05) is 13.2 Å². The minimum absolute atomic E-state index is 0.0149. The van der Waals surface area contributed by atoms with Crippen LogP contribution < -0.4 is 11.6 Å². The topological polar surface area (TPSA) is 92.6 Å². The van der Waals surface area contributed by atoms with E-state index in [9.17, 15) is 4.79 Å². The molecule has 0 bridgehead atoms. The van der Waals surface area contributed by atoms with E-state index >= 15 is 0 Å². The van der Waals surface area contributed by atoms with Crippen LogP contribution >= 0.6 is 0 Å².